The minimum atomic E-state index is -0.176. The van der Waals surface area contributed by atoms with Gasteiger partial charge in [0.25, 0.3) is 0 Å². The predicted molar refractivity (Wildman–Crippen MR) is 130 cm³/mol. The maximum Gasteiger partial charge on any atom is 0.235 e. The Balaban J connectivity index is 1.32. The summed E-state index contributed by atoms with van der Waals surface area (Å²) in [6.07, 6.45) is 7.50. The fraction of sp³-hybridized carbons (Fsp3) is 0.500. The second-order valence-corrected chi connectivity index (χ2v) is 9.92. The molecule has 178 valence electrons. The Morgan fingerprint density at radius 3 is 2.74 bits per heavy atom. The molecule has 1 saturated carbocycles. The number of thioether (sulfide) groups is 1. The van der Waals surface area contributed by atoms with Gasteiger partial charge in [0, 0.05) is 24.8 Å². The van der Waals surface area contributed by atoms with Crippen molar-refractivity contribution in [2.24, 2.45) is 0 Å². The SMILES string of the molecule is Cc1c(C#N)c(NC(=O)CSc2nnc(N3CCCCC3)n2C2CC2)n(Cc2ccco2)c1C. The quantitative estimate of drug-likeness (QED) is 0.481. The van der Waals surface area contributed by atoms with Gasteiger partial charge in [0.05, 0.1) is 24.1 Å². The summed E-state index contributed by atoms with van der Waals surface area (Å²) >= 11 is 1.40. The van der Waals surface area contributed by atoms with Crippen molar-refractivity contribution in [3.05, 3.63) is 41.0 Å². The van der Waals surface area contributed by atoms with E-state index in [0.717, 1.165) is 54.1 Å². The number of rotatable bonds is 8. The monoisotopic (exact) mass is 479 g/mol. The summed E-state index contributed by atoms with van der Waals surface area (Å²) in [4.78, 5) is 15.3. The van der Waals surface area contributed by atoms with Gasteiger partial charge in [0.2, 0.25) is 11.9 Å². The molecule has 2 aliphatic rings. The molecule has 0 atom stereocenters. The molecule has 10 heteroatoms. The highest BCUT2D eigenvalue weighted by Crippen LogP contribution is 2.41. The maximum absolute atomic E-state index is 13.0. The minimum absolute atomic E-state index is 0.176. The maximum atomic E-state index is 13.0. The van der Waals surface area contributed by atoms with Gasteiger partial charge >= 0.3 is 0 Å². The number of amides is 1. The number of carbonyl (C=O) groups is 1. The number of furan rings is 1. The van der Waals surface area contributed by atoms with Crippen LogP contribution in [-0.2, 0) is 11.3 Å². The molecular formula is C24H29N7O2S. The van der Waals surface area contributed by atoms with Gasteiger partial charge in [0.1, 0.15) is 17.6 Å². The van der Waals surface area contributed by atoms with Crippen LogP contribution >= 0.6 is 11.8 Å². The van der Waals surface area contributed by atoms with Gasteiger partial charge < -0.3 is 19.2 Å². The van der Waals surface area contributed by atoms with Crippen LogP contribution in [0.25, 0.3) is 0 Å². The summed E-state index contributed by atoms with van der Waals surface area (Å²) in [6.45, 7) is 6.32. The van der Waals surface area contributed by atoms with Crippen LogP contribution in [0.1, 0.15) is 60.7 Å². The Labute approximate surface area is 203 Å². The highest BCUT2D eigenvalue weighted by molar-refractivity contribution is 7.99. The first kappa shape index (κ1) is 22.6. The minimum Gasteiger partial charge on any atom is -0.467 e. The molecule has 1 amide bonds. The molecule has 0 aromatic carbocycles. The largest absolute Gasteiger partial charge is 0.467 e. The summed E-state index contributed by atoms with van der Waals surface area (Å²) in [5, 5.41) is 22.4. The van der Waals surface area contributed by atoms with Gasteiger partial charge in [0.15, 0.2) is 5.16 Å². The van der Waals surface area contributed by atoms with Gasteiger partial charge in [-0.3, -0.25) is 9.36 Å². The molecule has 1 saturated heterocycles. The predicted octanol–water partition coefficient (Wildman–Crippen LogP) is 4.27. The summed E-state index contributed by atoms with van der Waals surface area (Å²) < 4.78 is 9.64. The van der Waals surface area contributed by atoms with Gasteiger partial charge in [-0.1, -0.05) is 11.8 Å². The van der Waals surface area contributed by atoms with Crippen molar-refractivity contribution in [2.75, 3.05) is 29.1 Å². The number of hydrogen-bond donors (Lipinski definition) is 1. The van der Waals surface area contributed by atoms with Crippen LogP contribution in [0.15, 0.2) is 28.0 Å². The van der Waals surface area contributed by atoms with E-state index in [0.29, 0.717) is 24.0 Å². The molecule has 3 aromatic rings. The third kappa shape index (κ3) is 4.44. The molecule has 0 radical (unpaired) electrons. The van der Waals surface area contributed by atoms with Crippen LogP contribution in [0.5, 0.6) is 0 Å². The highest BCUT2D eigenvalue weighted by Gasteiger charge is 2.32. The fourth-order valence-electron chi connectivity index (χ4n) is 4.51. The summed E-state index contributed by atoms with van der Waals surface area (Å²) in [5.74, 6) is 2.23. The Morgan fingerprint density at radius 2 is 2.06 bits per heavy atom. The molecule has 0 bridgehead atoms. The molecule has 1 aliphatic carbocycles. The summed E-state index contributed by atoms with van der Waals surface area (Å²) in [6, 6.07) is 6.39. The number of nitrogens with zero attached hydrogens (tertiary/aromatic N) is 6. The zero-order valence-corrected chi connectivity index (χ0v) is 20.4. The van der Waals surface area contributed by atoms with Crippen molar-refractivity contribution in [1.82, 2.24) is 19.3 Å². The standard InChI is InChI=1S/C24H29N7O2S/c1-16-17(2)30(14-19-7-6-12-33-19)22(20(16)13-25)26-21(32)15-34-24-28-27-23(31(24)18-8-9-18)29-10-4-3-5-11-29/h6-7,12,18H,3-5,8-11,14-15H2,1-2H3,(H,26,32). The van der Waals surface area contributed by atoms with Crippen LogP contribution in [0.4, 0.5) is 11.8 Å². The molecule has 4 heterocycles. The third-order valence-corrected chi connectivity index (χ3v) is 7.57. The van der Waals surface area contributed by atoms with E-state index in [-0.39, 0.29) is 11.7 Å². The van der Waals surface area contributed by atoms with Crippen LogP contribution in [0.3, 0.4) is 0 Å². The van der Waals surface area contributed by atoms with Crippen molar-refractivity contribution in [1.29, 1.82) is 5.26 Å². The van der Waals surface area contributed by atoms with Crippen LogP contribution in [-0.4, -0.2) is 44.1 Å². The summed E-state index contributed by atoms with van der Waals surface area (Å²) in [5.41, 5.74) is 2.27. The van der Waals surface area contributed by atoms with Crippen molar-refractivity contribution in [3.8, 4) is 6.07 Å². The smallest absolute Gasteiger partial charge is 0.235 e. The van der Waals surface area contributed by atoms with E-state index in [1.54, 1.807) is 6.26 Å². The van der Waals surface area contributed by atoms with E-state index >= 15 is 0 Å². The van der Waals surface area contributed by atoms with Crippen LogP contribution < -0.4 is 10.2 Å². The number of aromatic nitrogens is 4. The second kappa shape index (κ2) is 9.58. The van der Waals surface area contributed by atoms with Gasteiger partial charge in [-0.05, 0) is 63.6 Å². The molecule has 1 aliphatic heterocycles. The summed E-state index contributed by atoms with van der Waals surface area (Å²) in [7, 11) is 0. The zero-order valence-electron chi connectivity index (χ0n) is 19.6. The normalized spacial score (nSPS) is 16.0. The first-order chi connectivity index (χ1) is 16.6. The van der Waals surface area contributed by atoms with Crippen molar-refractivity contribution >= 4 is 29.4 Å². The number of nitriles is 1. The van der Waals surface area contributed by atoms with Gasteiger partial charge in [-0.15, -0.1) is 10.2 Å². The third-order valence-electron chi connectivity index (χ3n) is 6.62. The Bertz CT molecular complexity index is 1210. The lowest BCUT2D eigenvalue weighted by Gasteiger charge is -2.27. The lowest BCUT2D eigenvalue weighted by Crippen LogP contribution is -2.32. The first-order valence-electron chi connectivity index (χ1n) is 11.8. The fourth-order valence-corrected chi connectivity index (χ4v) is 5.31. The molecule has 2 fully saturated rings. The molecule has 0 spiro atoms. The van der Waals surface area contributed by atoms with Crippen molar-refractivity contribution < 1.29 is 9.21 Å². The first-order valence-corrected chi connectivity index (χ1v) is 12.8. The Morgan fingerprint density at radius 1 is 1.26 bits per heavy atom. The molecular weight excluding hydrogens is 450 g/mol. The number of carbonyl (C=O) groups excluding carboxylic acids is 1. The highest BCUT2D eigenvalue weighted by atomic mass is 32.2. The lowest BCUT2D eigenvalue weighted by atomic mass is 10.1. The molecule has 0 unspecified atom stereocenters. The Kier molecular flexibility index (Phi) is 6.37. The van der Waals surface area contributed by atoms with E-state index in [2.05, 4.69) is 31.1 Å². The average molecular weight is 480 g/mol. The molecule has 34 heavy (non-hydrogen) atoms. The topological polar surface area (TPSA) is 105 Å². The lowest BCUT2D eigenvalue weighted by molar-refractivity contribution is -0.113. The van der Waals surface area contributed by atoms with E-state index in [9.17, 15) is 10.1 Å². The van der Waals surface area contributed by atoms with Crippen LogP contribution in [0, 0.1) is 25.2 Å². The van der Waals surface area contributed by atoms with E-state index in [4.69, 9.17) is 4.42 Å². The van der Waals surface area contributed by atoms with Crippen molar-refractivity contribution in [2.45, 2.75) is 63.7 Å². The van der Waals surface area contributed by atoms with Gasteiger partial charge in [-0.25, -0.2) is 0 Å². The van der Waals surface area contributed by atoms with E-state index < -0.39 is 0 Å². The molecule has 3 aromatic heterocycles. The van der Waals surface area contributed by atoms with E-state index in [1.807, 2.05) is 30.5 Å². The number of hydrogen-bond acceptors (Lipinski definition) is 7. The molecule has 9 nitrogen and oxygen atoms in total. The molecule has 5 rings (SSSR count). The van der Waals surface area contributed by atoms with Crippen LogP contribution in [0.2, 0.25) is 0 Å². The van der Waals surface area contributed by atoms with Crippen molar-refractivity contribution in [3.63, 3.8) is 0 Å². The number of piperidine rings is 1. The van der Waals surface area contributed by atoms with E-state index in [1.165, 1.54) is 31.0 Å². The van der Waals surface area contributed by atoms with Gasteiger partial charge in [-0.2, -0.15) is 5.26 Å². The molecule has 1 N–H and O–H groups in total. The number of nitrogens with one attached hydrogen (secondary N) is 1. The average Bonchev–Trinajstić information content (AvgIpc) is 3.30. The zero-order chi connectivity index (χ0) is 23.7. The Hall–Kier alpha value is -3.19. The second-order valence-electron chi connectivity index (χ2n) is 8.98. The number of anilines is 2.